The van der Waals surface area contributed by atoms with Crippen LogP contribution in [0.2, 0.25) is 0 Å². The molecule has 22 heavy (non-hydrogen) atoms. The summed E-state index contributed by atoms with van der Waals surface area (Å²) in [7, 11) is 0. The van der Waals surface area contributed by atoms with Crippen LogP contribution in [0.4, 0.5) is 5.13 Å². The number of nitrogens with zero attached hydrogens (tertiary/aromatic N) is 2. The van der Waals surface area contributed by atoms with E-state index in [-0.39, 0.29) is 5.91 Å². The number of hydrogen-bond donors (Lipinski definition) is 1. The van der Waals surface area contributed by atoms with Gasteiger partial charge in [-0.05, 0) is 39.5 Å². The van der Waals surface area contributed by atoms with Gasteiger partial charge >= 0.3 is 0 Å². The predicted molar refractivity (Wildman–Crippen MR) is 91.9 cm³/mol. The lowest BCUT2D eigenvalue weighted by Crippen LogP contribution is -2.15. The SMILES string of the molecule is Cc1nc(CC(=O)Nc2nc3c(s2)CCCCCC3)c(C)s1. The molecule has 3 rings (SSSR count). The van der Waals surface area contributed by atoms with E-state index in [1.807, 2.05) is 13.8 Å². The molecule has 1 N–H and O–H groups in total. The van der Waals surface area contributed by atoms with E-state index in [1.54, 1.807) is 22.7 Å². The smallest absolute Gasteiger partial charge is 0.232 e. The number of aryl methyl sites for hydroxylation is 4. The molecule has 0 fully saturated rings. The van der Waals surface area contributed by atoms with Gasteiger partial charge < -0.3 is 5.32 Å². The van der Waals surface area contributed by atoms with Crippen molar-refractivity contribution in [3.63, 3.8) is 0 Å². The highest BCUT2D eigenvalue weighted by Crippen LogP contribution is 2.28. The van der Waals surface area contributed by atoms with Crippen molar-refractivity contribution in [3.8, 4) is 0 Å². The molecule has 0 spiro atoms. The number of anilines is 1. The molecule has 1 amide bonds. The Bertz CT molecular complexity index is 649. The maximum Gasteiger partial charge on any atom is 0.232 e. The number of thiazole rings is 2. The normalized spacial score (nSPS) is 15.0. The summed E-state index contributed by atoms with van der Waals surface area (Å²) in [5.41, 5.74) is 2.08. The third-order valence-corrected chi connectivity index (χ3v) is 5.92. The number of rotatable bonds is 3. The van der Waals surface area contributed by atoms with Crippen LogP contribution >= 0.6 is 22.7 Å². The summed E-state index contributed by atoms with van der Waals surface area (Å²) < 4.78 is 0. The van der Waals surface area contributed by atoms with Crippen LogP contribution in [0.15, 0.2) is 0 Å². The highest BCUT2D eigenvalue weighted by Gasteiger charge is 2.16. The van der Waals surface area contributed by atoms with Gasteiger partial charge in [0.2, 0.25) is 5.91 Å². The molecule has 4 nitrogen and oxygen atoms in total. The van der Waals surface area contributed by atoms with Crippen molar-refractivity contribution in [2.24, 2.45) is 0 Å². The maximum absolute atomic E-state index is 12.2. The second-order valence-corrected chi connectivity index (χ2v) is 8.25. The average Bonchev–Trinajstić information content (AvgIpc) is 2.93. The van der Waals surface area contributed by atoms with Gasteiger partial charge in [0.1, 0.15) is 0 Å². The van der Waals surface area contributed by atoms with E-state index in [2.05, 4.69) is 15.3 Å². The third-order valence-electron chi connectivity index (χ3n) is 3.92. The summed E-state index contributed by atoms with van der Waals surface area (Å²) in [6.07, 6.45) is 7.53. The molecule has 0 bridgehead atoms. The van der Waals surface area contributed by atoms with Gasteiger partial charge in [0.25, 0.3) is 0 Å². The van der Waals surface area contributed by atoms with Crippen molar-refractivity contribution in [1.82, 2.24) is 9.97 Å². The van der Waals surface area contributed by atoms with Gasteiger partial charge in [0.15, 0.2) is 5.13 Å². The zero-order valence-corrected chi connectivity index (χ0v) is 14.7. The van der Waals surface area contributed by atoms with Gasteiger partial charge in [-0.2, -0.15) is 0 Å². The molecule has 0 aromatic carbocycles. The standard InChI is InChI=1S/C16H21N3OS2/c1-10-13(17-11(2)21-10)9-15(20)19-16-18-12-7-5-3-4-6-8-14(12)22-16/h3-9H2,1-2H3,(H,18,19,20). The van der Waals surface area contributed by atoms with Crippen molar-refractivity contribution in [2.75, 3.05) is 5.32 Å². The number of nitrogens with one attached hydrogen (secondary N) is 1. The number of aromatic nitrogens is 2. The first-order valence-electron chi connectivity index (χ1n) is 7.83. The molecule has 2 aromatic rings. The van der Waals surface area contributed by atoms with Crippen LogP contribution in [-0.4, -0.2) is 15.9 Å². The lowest BCUT2D eigenvalue weighted by atomic mass is 10.0. The summed E-state index contributed by atoms with van der Waals surface area (Å²) in [5.74, 6) is -0.0184. The van der Waals surface area contributed by atoms with E-state index in [0.717, 1.165) is 33.6 Å². The van der Waals surface area contributed by atoms with Gasteiger partial charge in [-0.25, -0.2) is 9.97 Å². The minimum atomic E-state index is -0.0184. The van der Waals surface area contributed by atoms with Crippen molar-refractivity contribution >= 4 is 33.7 Å². The second-order valence-electron chi connectivity index (χ2n) is 5.76. The Morgan fingerprint density at radius 2 is 1.86 bits per heavy atom. The van der Waals surface area contributed by atoms with E-state index < -0.39 is 0 Å². The summed E-state index contributed by atoms with van der Waals surface area (Å²) in [6, 6.07) is 0. The topological polar surface area (TPSA) is 54.9 Å². The van der Waals surface area contributed by atoms with E-state index in [1.165, 1.54) is 36.3 Å². The van der Waals surface area contributed by atoms with Crippen LogP contribution in [0.1, 0.15) is 51.8 Å². The first-order chi connectivity index (χ1) is 10.6. The highest BCUT2D eigenvalue weighted by atomic mass is 32.1. The Labute approximate surface area is 139 Å². The molecular formula is C16H21N3OS2. The Morgan fingerprint density at radius 1 is 1.09 bits per heavy atom. The van der Waals surface area contributed by atoms with Crippen LogP contribution in [0.25, 0.3) is 0 Å². The molecule has 0 unspecified atom stereocenters. The van der Waals surface area contributed by atoms with Crippen molar-refractivity contribution < 1.29 is 4.79 Å². The first kappa shape index (κ1) is 15.6. The van der Waals surface area contributed by atoms with E-state index >= 15 is 0 Å². The zero-order chi connectivity index (χ0) is 15.5. The molecule has 1 aliphatic carbocycles. The number of amides is 1. The Balaban J connectivity index is 1.66. The first-order valence-corrected chi connectivity index (χ1v) is 9.46. The minimum Gasteiger partial charge on any atom is -0.302 e. The van der Waals surface area contributed by atoms with Gasteiger partial charge in [0.05, 0.1) is 22.8 Å². The van der Waals surface area contributed by atoms with Gasteiger partial charge in [-0.3, -0.25) is 4.79 Å². The Morgan fingerprint density at radius 3 is 2.59 bits per heavy atom. The summed E-state index contributed by atoms with van der Waals surface area (Å²) >= 11 is 3.29. The van der Waals surface area contributed by atoms with E-state index in [4.69, 9.17) is 0 Å². The molecule has 0 atom stereocenters. The van der Waals surface area contributed by atoms with Crippen LogP contribution in [0.3, 0.4) is 0 Å². The average molecular weight is 335 g/mol. The lowest BCUT2D eigenvalue weighted by molar-refractivity contribution is -0.115. The molecule has 0 aliphatic heterocycles. The molecule has 0 saturated carbocycles. The number of carbonyl (C=O) groups excluding carboxylic acids is 1. The van der Waals surface area contributed by atoms with Crippen LogP contribution in [-0.2, 0) is 24.1 Å². The molecule has 2 aromatic heterocycles. The van der Waals surface area contributed by atoms with Crippen molar-refractivity contribution in [1.29, 1.82) is 0 Å². The highest BCUT2D eigenvalue weighted by molar-refractivity contribution is 7.15. The van der Waals surface area contributed by atoms with Gasteiger partial charge in [0, 0.05) is 9.75 Å². The molecular weight excluding hydrogens is 314 g/mol. The Hall–Kier alpha value is -1.27. The predicted octanol–water partition coefficient (Wildman–Crippen LogP) is 4.06. The fraction of sp³-hybridized carbons (Fsp3) is 0.562. The van der Waals surface area contributed by atoms with Crippen LogP contribution in [0.5, 0.6) is 0 Å². The van der Waals surface area contributed by atoms with Crippen molar-refractivity contribution in [2.45, 2.75) is 58.8 Å². The molecule has 6 heteroatoms. The van der Waals surface area contributed by atoms with Crippen LogP contribution in [0, 0.1) is 13.8 Å². The molecule has 0 radical (unpaired) electrons. The maximum atomic E-state index is 12.2. The third kappa shape index (κ3) is 3.73. The van der Waals surface area contributed by atoms with E-state index in [0.29, 0.717) is 6.42 Å². The lowest BCUT2D eigenvalue weighted by Gasteiger charge is -2.06. The number of fused-ring (bicyclic) bond motifs is 1. The minimum absolute atomic E-state index is 0.0184. The monoisotopic (exact) mass is 335 g/mol. The molecule has 0 saturated heterocycles. The van der Waals surface area contributed by atoms with E-state index in [9.17, 15) is 4.79 Å². The second kappa shape index (κ2) is 6.87. The van der Waals surface area contributed by atoms with Crippen molar-refractivity contribution in [3.05, 3.63) is 26.1 Å². The fourth-order valence-electron chi connectivity index (χ4n) is 2.81. The summed E-state index contributed by atoms with van der Waals surface area (Å²) in [6.45, 7) is 3.99. The van der Waals surface area contributed by atoms with Crippen LogP contribution < -0.4 is 5.32 Å². The number of carbonyl (C=O) groups is 1. The summed E-state index contributed by atoms with van der Waals surface area (Å²) in [5, 5.41) is 4.72. The molecule has 1 aliphatic rings. The Kier molecular flexibility index (Phi) is 4.88. The molecule has 118 valence electrons. The quantitative estimate of drug-likeness (QED) is 0.920. The number of hydrogen-bond acceptors (Lipinski definition) is 5. The summed E-state index contributed by atoms with van der Waals surface area (Å²) in [4.78, 5) is 23.7. The fourth-order valence-corrected chi connectivity index (χ4v) is 4.71. The largest absolute Gasteiger partial charge is 0.302 e. The van der Waals surface area contributed by atoms with Gasteiger partial charge in [-0.1, -0.05) is 12.8 Å². The van der Waals surface area contributed by atoms with Gasteiger partial charge in [-0.15, -0.1) is 22.7 Å². The molecule has 2 heterocycles. The zero-order valence-electron chi connectivity index (χ0n) is 13.1.